The molecule has 0 N–H and O–H groups in total. The quantitative estimate of drug-likeness (QED) is 0.181. The molecule has 0 aliphatic heterocycles. The molecule has 0 saturated heterocycles. The highest BCUT2D eigenvalue weighted by Crippen LogP contribution is 2.70. The molecule has 6 saturated carbocycles. The summed E-state index contributed by atoms with van der Waals surface area (Å²) in [7, 11) is 0. The van der Waals surface area contributed by atoms with Crippen molar-refractivity contribution in [2.75, 3.05) is 4.90 Å². The van der Waals surface area contributed by atoms with Crippen LogP contribution in [-0.2, 0) is 10.8 Å². The minimum absolute atomic E-state index is 0.155. The lowest BCUT2D eigenvalue weighted by Gasteiger charge is -2.61. The van der Waals surface area contributed by atoms with E-state index < -0.39 is 0 Å². The molecular formula is C51H45N. The fraction of sp³-hybridized carbons (Fsp3) is 0.333. The fourth-order valence-corrected chi connectivity index (χ4v) is 14.6. The number of hydrogen-bond acceptors (Lipinski definition) is 1. The van der Waals surface area contributed by atoms with Crippen LogP contribution in [0.15, 0.2) is 127 Å². The Bertz CT molecular complexity index is 2460. The molecule has 1 heteroatoms. The molecule has 1 nitrogen and oxygen atoms in total. The minimum atomic E-state index is 0.155. The summed E-state index contributed by atoms with van der Waals surface area (Å²) in [4.78, 5) is 2.60. The lowest BCUT2D eigenvalue weighted by Crippen LogP contribution is -2.55. The lowest BCUT2D eigenvalue weighted by molar-refractivity contribution is -0.0399. The Kier molecular flexibility index (Phi) is 5.60. The van der Waals surface area contributed by atoms with Crippen LogP contribution in [-0.4, -0.2) is 0 Å². The molecule has 52 heavy (non-hydrogen) atoms. The molecule has 6 bridgehead atoms. The minimum Gasteiger partial charge on any atom is -0.310 e. The largest absolute Gasteiger partial charge is 0.310 e. The van der Waals surface area contributed by atoms with E-state index in [0.717, 1.165) is 35.5 Å². The second-order valence-electron chi connectivity index (χ2n) is 18.1. The zero-order valence-electron chi connectivity index (χ0n) is 29.9. The van der Waals surface area contributed by atoms with Crippen molar-refractivity contribution in [2.24, 2.45) is 35.5 Å². The summed E-state index contributed by atoms with van der Waals surface area (Å²) in [6.07, 6.45) is 12.7. The molecule has 3 atom stereocenters. The van der Waals surface area contributed by atoms with Crippen molar-refractivity contribution < 1.29 is 0 Å². The summed E-state index contributed by atoms with van der Waals surface area (Å²) in [5.41, 5.74) is 16.6. The number of fused-ring (bicyclic) bond motifs is 12. The normalized spacial score (nSPS) is 32.1. The highest BCUT2D eigenvalue weighted by atomic mass is 15.1. The predicted octanol–water partition coefficient (Wildman–Crippen LogP) is 13.1. The van der Waals surface area contributed by atoms with Crippen LogP contribution in [0.2, 0.25) is 0 Å². The summed E-state index contributed by atoms with van der Waals surface area (Å²) in [5, 5.41) is 2.59. The van der Waals surface area contributed by atoms with Gasteiger partial charge in [-0.2, -0.15) is 0 Å². The van der Waals surface area contributed by atoms with Crippen LogP contribution in [0.3, 0.4) is 0 Å². The Morgan fingerprint density at radius 3 is 1.77 bits per heavy atom. The third kappa shape index (κ3) is 3.52. The van der Waals surface area contributed by atoms with Crippen LogP contribution in [0.25, 0.3) is 33.0 Å². The smallest absolute Gasteiger partial charge is 0.0468 e. The topological polar surface area (TPSA) is 3.24 Å². The van der Waals surface area contributed by atoms with Gasteiger partial charge in [0.25, 0.3) is 0 Å². The highest BCUT2D eigenvalue weighted by Gasteiger charge is 2.62. The SMILES string of the molecule is c1ccc2c(c1)-c1ccc(N(c3ccc4c(c3)-c3ccccc3C43C4CC5CC(C4)CC3C5)c3ccc4ccccc4c3)cc1C21CC2CCC1C2. The van der Waals surface area contributed by atoms with Gasteiger partial charge in [0, 0.05) is 27.9 Å². The molecule has 254 valence electrons. The first kappa shape index (κ1) is 28.9. The monoisotopic (exact) mass is 671 g/mol. The Hall–Kier alpha value is -4.62. The van der Waals surface area contributed by atoms with Crippen molar-refractivity contribution in [1.82, 2.24) is 0 Å². The van der Waals surface area contributed by atoms with E-state index in [1.165, 1.54) is 108 Å². The van der Waals surface area contributed by atoms with Gasteiger partial charge in [-0.25, -0.2) is 0 Å². The summed E-state index contributed by atoms with van der Waals surface area (Å²) in [6, 6.07) is 50.2. The molecular weight excluding hydrogens is 627 g/mol. The van der Waals surface area contributed by atoms with Crippen molar-refractivity contribution >= 4 is 27.8 Å². The number of rotatable bonds is 3. The molecule has 3 unspecified atom stereocenters. The van der Waals surface area contributed by atoms with Crippen LogP contribution >= 0.6 is 0 Å². The van der Waals surface area contributed by atoms with Crippen molar-refractivity contribution in [3.8, 4) is 22.3 Å². The molecule has 0 heterocycles. The molecule has 0 aromatic heterocycles. The first-order valence-corrected chi connectivity index (χ1v) is 20.5. The third-order valence-corrected chi connectivity index (χ3v) is 16.1. The van der Waals surface area contributed by atoms with E-state index in [4.69, 9.17) is 0 Å². The maximum absolute atomic E-state index is 2.63. The van der Waals surface area contributed by atoms with Crippen molar-refractivity contribution in [3.63, 3.8) is 0 Å². The molecule has 2 spiro atoms. The molecule has 0 radical (unpaired) electrons. The van der Waals surface area contributed by atoms with Gasteiger partial charge in [-0.3, -0.25) is 0 Å². The van der Waals surface area contributed by atoms with Crippen LogP contribution in [0.1, 0.15) is 80.0 Å². The van der Waals surface area contributed by atoms with Crippen molar-refractivity contribution in [2.45, 2.75) is 68.6 Å². The number of benzene rings is 6. The maximum atomic E-state index is 2.63. The number of hydrogen-bond donors (Lipinski definition) is 0. The van der Waals surface area contributed by atoms with Crippen LogP contribution in [0.5, 0.6) is 0 Å². The predicted molar refractivity (Wildman–Crippen MR) is 214 cm³/mol. The molecule has 6 aromatic rings. The second kappa shape index (κ2) is 10.1. The standard InChI is InChI=1S/C51H45N/c1-2-8-35-27-39(16-14-34(35)7-1)52(41-17-19-44-42-9-3-5-11-46(42)50(49(44)29-41)30-31-13-15-36(50)22-31)40-18-20-48-45(28-40)43-10-4-6-12-47(43)51(48)37-23-32-21-33(25-37)26-38(51)24-32/h1-12,14,16-20,27-29,31-33,36-38H,13,15,21-26,30H2. The maximum Gasteiger partial charge on any atom is 0.0468 e. The van der Waals surface area contributed by atoms with Gasteiger partial charge in [-0.1, -0.05) is 97.4 Å². The van der Waals surface area contributed by atoms with E-state index in [-0.39, 0.29) is 10.8 Å². The summed E-state index contributed by atoms with van der Waals surface area (Å²) in [5.74, 6) is 5.08. The summed E-state index contributed by atoms with van der Waals surface area (Å²) >= 11 is 0. The molecule has 8 aliphatic carbocycles. The lowest BCUT2D eigenvalue weighted by atomic mass is 9.43. The molecule has 14 rings (SSSR count). The Morgan fingerprint density at radius 2 is 1.00 bits per heavy atom. The fourth-order valence-electron chi connectivity index (χ4n) is 14.6. The van der Waals surface area contributed by atoms with E-state index in [1.54, 1.807) is 22.3 Å². The van der Waals surface area contributed by atoms with Crippen LogP contribution in [0.4, 0.5) is 17.1 Å². The second-order valence-corrected chi connectivity index (χ2v) is 18.1. The van der Waals surface area contributed by atoms with Gasteiger partial charge >= 0.3 is 0 Å². The zero-order chi connectivity index (χ0) is 33.8. The van der Waals surface area contributed by atoms with Gasteiger partial charge in [-0.05, 0) is 179 Å². The number of nitrogens with zero attached hydrogens (tertiary/aromatic N) is 1. The first-order valence-electron chi connectivity index (χ1n) is 20.5. The van der Waals surface area contributed by atoms with Gasteiger partial charge in [0.05, 0.1) is 0 Å². The van der Waals surface area contributed by atoms with Gasteiger partial charge in [0.15, 0.2) is 0 Å². The Labute approximate surface area is 307 Å². The summed E-state index contributed by atoms with van der Waals surface area (Å²) < 4.78 is 0. The van der Waals surface area contributed by atoms with E-state index in [2.05, 4.69) is 132 Å². The Balaban J connectivity index is 1.02. The van der Waals surface area contributed by atoms with E-state index in [0.29, 0.717) is 0 Å². The van der Waals surface area contributed by atoms with Gasteiger partial charge in [0.2, 0.25) is 0 Å². The first-order chi connectivity index (χ1) is 25.7. The molecule has 6 fully saturated rings. The average Bonchev–Trinajstić information content (AvgIpc) is 3.94. The van der Waals surface area contributed by atoms with E-state index in [1.807, 2.05) is 0 Å². The molecule has 6 aromatic carbocycles. The average molecular weight is 672 g/mol. The van der Waals surface area contributed by atoms with Crippen LogP contribution in [0, 0.1) is 35.5 Å². The molecule has 0 amide bonds. The molecule has 8 aliphatic rings. The Morgan fingerprint density at radius 1 is 0.404 bits per heavy atom. The number of anilines is 3. The highest BCUT2D eigenvalue weighted by molar-refractivity contribution is 5.93. The third-order valence-electron chi connectivity index (χ3n) is 16.1. The van der Waals surface area contributed by atoms with E-state index in [9.17, 15) is 0 Å². The van der Waals surface area contributed by atoms with Gasteiger partial charge in [0.1, 0.15) is 0 Å². The van der Waals surface area contributed by atoms with Crippen molar-refractivity contribution in [1.29, 1.82) is 0 Å². The van der Waals surface area contributed by atoms with Gasteiger partial charge < -0.3 is 4.90 Å². The summed E-state index contributed by atoms with van der Waals surface area (Å²) in [6.45, 7) is 0. The van der Waals surface area contributed by atoms with Crippen LogP contribution < -0.4 is 4.90 Å². The zero-order valence-corrected chi connectivity index (χ0v) is 29.9. The van der Waals surface area contributed by atoms with Crippen molar-refractivity contribution in [3.05, 3.63) is 150 Å². The van der Waals surface area contributed by atoms with E-state index >= 15 is 0 Å². The van der Waals surface area contributed by atoms with Gasteiger partial charge in [-0.15, -0.1) is 0 Å².